The summed E-state index contributed by atoms with van der Waals surface area (Å²) in [5, 5.41) is 23.8. The molecular weight excluding hydrogens is 263 g/mol. The molecule has 0 saturated carbocycles. The Labute approximate surface area is 113 Å². The van der Waals surface area contributed by atoms with Crippen molar-refractivity contribution in [3.8, 4) is 0 Å². The summed E-state index contributed by atoms with van der Waals surface area (Å²) in [5.41, 5.74) is 0.918. The SMILES string of the molecule is CNC(=N)NCCNCc1cccnn1.Cl.Cl. The maximum atomic E-state index is 7.26. The number of halogens is 2. The second-order valence-electron chi connectivity index (χ2n) is 2.94. The summed E-state index contributed by atoms with van der Waals surface area (Å²) in [7, 11) is 1.71. The minimum atomic E-state index is 0. The van der Waals surface area contributed by atoms with Gasteiger partial charge in [0.1, 0.15) is 0 Å². The van der Waals surface area contributed by atoms with Crippen molar-refractivity contribution in [3.05, 3.63) is 24.0 Å². The molecule has 0 aromatic carbocycles. The first-order valence-electron chi connectivity index (χ1n) is 4.80. The summed E-state index contributed by atoms with van der Waals surface area (Å²) in [6, 6.07) is 3.78. The minimum Gasteiger partial charge on any atom is -0.360 e. The van der Waals surface area contributed by atoms with Crippen LogP contribution in [-0.2, 0) is 6.54 Å². The molecule has 0 amide bonds. The molecule has 0 atom stereocenters. The highest BCUT2D eigenvalue weighted by Crippen LogP contribution is 1.88. The molecular formula is C9H18Cl2N6. The number of guanidine groups is 1. The molecule has 6 nitrogen and oxygen atoms in total. The van der Waals surface area contributed by atoms with E-state index in [9.17, 15) is 0 Å². The van der Waals surface area contributed by atoms with E-state index in [1.165, 1.54) is 0 Å². The van der Waals surface area contributed by atoms with Crippen LogP contribution in [0.2, 0.25) is 0 Å². The number of nitrogens with zero attached hydrogens (tertiary/aromatic N) is 2. The van der Waals surface area contributed by atoms with Crippen molar-refractivity contribution in [1.82, 2.24) is 26.1 Å². The Bertz CT molecular complexity index is 295. The van der Waals surface area contributed by atoms with E-state index in [-0.39, 0.29) is 24.8 Å². The van der Waals surface area contributed by atoms with Crippen LogP contribution in [0.3, 0.4) is 0 Å². The summed E-state index contributed by atoms with van der Waals surface area (Å²) in [4.78, 5) is 0. The predicted molar refractivity (Wildman–Crippen MR) is 73.0 cm³/mol. The van der Waals surface area contributed by atoms with E-state index in [2.05, 4.69) is 26.1 Å². The number of rotatable bonds is 5. The van der Waals surface area contributed by atoms with Gasteiger partial charge >= 0.3 is 0 Å². The van der Waals surface area contributed by atoms with Crippen LogP contribution in [0.25, 0.3) is 0 Å². The molecule has 0 aliphatic rings. The van der Waals surface area contributed by atoms with Crippen LogP contribution >= 0.6 is 24.8 Å². The molecule has 0 aliphatic heterocycles. The van der Waals surface area contributed by atoms with Crippen molar-refractivity contribution in [2.45, 2.75) is 6.54 Å². The average Bonchev–Trinajstić information content (AvgIpc) is 2.29. The molecule has 0 aliphatic carbocycles. The van der Waals surface area contributed by atoms with Crippen LogP contribution < -0.4 is 16.0 Å². The minimum absolute atomic E-state index is 0. The Morgan fingerprint density at radius 1 is 1.35 bits per heavy atom. The van der Waals surface area contributed by atoms with Crippen molar-refractivity contribution in [3.63, 3.8) is 0 Å². The Balaban J connectivity index is 0. The van der Waals surface area contributed by atoms with Crippen molar-refractivity contribution < 1.29 is 0 Å². The molecule has 1 rings (SSSR count). The van der Waals surface area contributed by atoms with Crippen molar-refractivity contribution in [1.29, 1.82) is 5.41 Å². The van der Waals surface area contributed by atoms with Crippen LogP contribution in [0, 0.1) is 5.41 Å². The lowest BCUT2D eigenvalue weighted by Gasteiger charge is -2.07. The van der Waals surface area contributed by atoms with Gasteiger partial charge in [-0.2, -0.15) is 10.2 Å². The van der Waals surface area contributed by atoms with Crippen LogP contribution in [0.5, 0.6) is 0 Å². The molecule has 4 N–H and O–H groups in total. The number of aromatic nitrogens is 2. The maximum absolute atomic E-state index is 7.26. The quantitative estimate of drug-likeness (QED) is 0.351. The first kappa shape index (κ1) is 18.3. The van der Waals surface area contributed by atoms with Gasteiger partial charge in [-0.15, -0.1) is 24.8 Å². The summed E-state index contributed by atoms with van der Waals surface area (Å²) >= 11 is 0. The van der Waals surface area contributed by atoms with Gasteiger partial charge in [0.05, 0.1) is 5.69 Å². The molecule has 8 heteroatoms. The fourth-order valence-corrected chi connectivity index (χ4v) is 1.01. The molecule has 17 heavy (non-hydrogen) atoms. The standard InChI is InChI=1S/C9H16N6.2ClH/c1-11-9(10)13-6-5-12-7-8-3-2-4-14-15-8;;/h2-4,12H,5-7H2,1H3,(H3,10,11,13);2*1H. The van der Waals surface area contributed by atoms with Crippen LogP contribution in [0.4, 0.5) is 0 Å². The number of nitrogens with one attached hydrogen (secondary N) is 4. The molecule has 1 heterocycles. The van der Waals surface area contributed by atoms with Crippen molar-refractivity contribution in [2.24, 2.45) is 0 Å². The van der Waals surface area contributed by atoms with E-state index < -0.39 is 0 Å². The Morgan fingerprint density at radius 3 is 2.71 bits per heavy atom. The molecule has 98 valence electrons. The van der Waals surface area contributed by atoms with Crippen LogP contribution in [-0.4, -0.2) is 36.3 Å². The van der Waals surface area contributed by atoms with Gasteiger partial charge in [-0.1, -0.05) is 0 Å². The largest absolute Gasteiger partial charge is 0.360 e. The van der Waals surface area contributed by atoms with E-state index in [1.54, 1.807) is 13.2 Å². The van der Waals surface area contributed by atoms with Crippen LogP contribution in [0.15, 0.2) is 18.3 Å². The lowest BCUT2D eigenvalue weighted by Crippen LogP contribution is -2.37. The van der Waals surface area contributed by atoms with E-state index in [4.69, 9.17) is 5.41 Å². The van der Waals surface area contributed by atoms with E-state index in [1.807, 2.05) is 12.1 Å². The fraction of sp³-hybridized carbons (Fsp3) is 0.444. The molecule has 1 aromatic rings. The normalized spacial score (nSPS) is 8.53. The van der Waals surface area contributed by atoms with E-state index >= 15 is 0 Å². The summed E-state index contributed by atoms with van der Waals surface area (Å²) in [5.74, 6) is 0.330. The Kier molecular flexibility index (Phi) is 12.2. The highest BCUT2D eigenvalue weighted by molar-refractivity contribution is 5.85. The maximum Gasteiger partial charge on any atom is 0.188 e. The molecule has 0 fully saturated rings. The predicted octanol–water partition coefficient (Wildman–Crippen LogP) is 0.154. The van der Waals surface area contributed by atoms with Gasteiger partial charge in [0.25, 0.3) is 0 Å². The van der Waals surface area contributed by atoms with Crippen molar-refractivity contribution in [2.75, 3.05) is 20.1 Å². The Hall–Kier alpha value is -1.11. The van der Waals surface area contributed by atoms with Gasteiger partial charge < -0.3 is 16.0 Å². The van der Waals surface area contributed by atoms with Gasteiger partial charge in [0, 0.05) is 32.9 Å². The Morgan fingerprint density at radius 2 is 2.12 bits per heavy atom. The first-order valence-corrected chi connectivity index (χ1v) is 4.80. The fourth-order valence-electron chi connectivity index (χ4n) is 1.01. The topological polar surface area (TPSA) is 85.7 Å². The van der Waals surface area contributed by atoms with Gasteiger partial charge in [0.15, 0.2) is 5.96 Å². The van der Waals surface area contributed by atoms with Gasteiger partial charge in [0.2, 0.25) is 0 Å². The third-order valence-electron chi connectivity index (χ3n) is 1.79. The summed E-state index contributed by atoms with van der Waals surface area (Å²) in [6.45, 7) is 2.18. The monoisotopic (exact) mass is 280 g/mol. The zero-order valence-electron chi connectivity index (χ0n) is 9.56. The summed E-state index contributed by atoms with van der Waals surface area (Å²) in [6.07, 6.45) is 1.65. The highest BCUT2D eigenvalue weighted by Gasteiger charge is 1.93. The molecule has 0 radical (unpaired) electrons. The number of hydrogen-bond acceptors (Lipinski definition) is 4. The van der Waals surface area contributed by atoms with Crippen LogP contribution in [0.1, 0.15) is 5.69 Å². The molecule has 0 saturated heterocycles. The molecule has 0 bridgehead atoms. The zero-order valence-corrected chi connectivity index (χ0v) is 11.2. The second kappa shape index (κ2) is 11.4. The molecule has 0 spiro atoms. The average molecular weight is 281 g/mol. The zero-order chi connectivity index (χ0) is 10.9. The van der Waals surface area contributed by atoms with Gasteiger partial charge in [-0.25, -0.2) is 0 Å². The number of hydrogen-bond donors (Lipinski definition) is 4. The second-order valence-corrected chi connectivity index (χ2v) is 2.94. The van der Waals surface area contributed by atoms with E-state index in [0.717, 1.165) is 12.2 Å². The van der Waals surface area contributed by atoms with Crippen molar-refractivity contribution >= 4 is 30.8 Å². The molecule has 0 unspecified atom stereocenters. The smallest absolute Gasteiger partial charge is 0.188 e. The third-order valence-corrected chi connectivity index (χ3v) is 1.79. The lowest BCUT2D eigenvalue weighted by molar-refractivity contribution is 0.650. The summed E-state index contributed by atoms with van der Waals surface area (Å²) < 4.78 is 0. The lowest BCUT2D eigenvalue weighted by atomic mass is 10.4. The first-order chi connectivity index (χ1) is 7.33. The van der Waals surface area contributed by atoms with Gasteiger partial charge in [-0.3, -0.25) is 5.41 Å². The highest BCUT2D eigenvalue weighted by atomic mass is 35.5. The third kappa shape index (κ3) is 8.67. The van der Waals surface area contributed by atoms with E-state index in [0.29, 0.717) is 19.0 Å². The van der Waals surface area contributed by atoms with Gasteiger partial charge in [-0.05, 0) is 12.1 Å². The molecule has 1 aromatic heterocycles.